The summed E-state index contributed by atoms with van der Waals surface area (Å²) < 4.78 is 26.3. The summed E-state index contributed by atoms with van der Waals surface area (Å²) in [5.41, 5.74) is 2.93. The van der Waals surface area contributed by atoms with Crippen molar-refractivity contribution in [1.82, 2.24) is 19.7 Å². The van der Waals surface area contributed by atoms with Crippen LogP contribution in [0.4, 0.5) is 16.0 Å². The molecule has 0 atom stereocenters. The zero-order valence-electron chi connectivity index (χ0n) is 15.6. The molecule has 0 aliphatic rings. The number of hydrogen-bond donors (Lipinski definition) is 1. The first-order valence-electron chi connectivity index (χ1n) is 8.65. The largest absolute Gasteiger partial charge is 0.491 e. The highest BCUT2D eigenvalue weighted by Crippen LogP contribution is 2.27. The number of aromatic nitrogens is 4. The summed E-state index contributed by atoms with van der Waals surface area (Å²) in [6, 6.07) is 4.82. The molecule has 0 saturated heterocycles. The quantitative estimate of drug-likeness (QED) is 0.652. The minimum absolute atomic E-state index is 0.231. The first kappa shape index (κ1) is 18.8. The van der Waals surface area contributed by atoms with Gasteiger partial charge < -0.3 is 14.8 Å². The van der Waals surface area contributed by atoms with Gasteiger partial charge in [-0.25, -0.2) is 14.4 Å². The third-order valence-electron chi connectivity index (χ3n) is 3.89. The van der Waals surface area contributed by atoms with Crippen LogP contribution in [0.5, 0.6) is 5.75 Å². The molecule has 0 spiro atoms. The molecule has 0 saturated carbocycles. The Hall–Kier alpha value is -3.00. The van der Waals surface area contributed by atoms with Crippen LogP contribution in [0, 0.1) is 12.7 Å². The summed E-state index contributed by atoms with van der Waals surface area (Å²) in [4.78, 5) is 8.83. The number of anilines is 2. The fourth-order valence-electron chi connectivity index (χ4n) is 2.58. The van der Waals surface area contributed by atoms with Crippen LogP contribution in [0.15, 0.2) is 36.8 Å². The van der Waals surface area contributed by atoms with Crippen LogP contribution in [0.2, 0.25) is 0 Å². The molecular weight excluding hydrogens is 349 g/mol. The van der Waals surface area contributed by atoms with Crippen molar-refractivity contribution in [2.75, 3.05) is 25.6 Å². The Morgan fingerprint density at radius 1 is 1.26 bits per heavy atom. The van der Waals surface area contributed by atoms with Crippen molar-refractivity contribution in [3.63, 3.8) is 0 Å². The number of nitrogens with one attached hydrogen (secondary N) is 1. The molecule has 0 bridgehead atoms. The molecule has 1 N–H and O–H groups in total. The average molecular weight is 371 g/mol. The van der Waals surface area contributed by atoms with Crippen molar-refractivity contribution in [3.05, 3.63) is 48.2 Å². The highest BCUT2D eigenvalue weighted by molar-refractivity contribution is 5.65. The molecule has 1 aromatic carbocycles. The molecular formula is C19H22FN5O2. The Morgan fingerprint density at radius 2 is 2.11 bits per heavy atom. The van der Waals surface area contributed by atoms with Crippen LogP contribution in [-0.2, 0) is 11.3 Å². The average Bonchev–Trinajstić information content (AvgIpc) is 3.11. The van der Waals surface area contributed by atoms with Crippen molar-refractivity contribution >= 4 is 11.6 Å². The van der Waals surface area contributed by atoms with E-state index in [1.807, 2.05) is 20.0 Å². The highest BCUT2D eigenvalue weighted by atomic mass is 19.1. The van der Waals surface area contributed by atoms with E-state index in [2.05, 4.69) is 20.4 Å². The van der Waals surface area contributed by atoms with Crippen molar-refractivity contribution in [3.8, 4) is 17.0 Å². The Labute approximate surface area is 157 Å². The van der Waals surface area contributed by atoms with Gasteiger partial charge in [0, 0.05) is 25.1 Å². The van der Waals surface area contributed by atoms with Crippen molar-refractivity contribution in [1.29, 1.82) is 0 Å². The molecule has 8 heteroatoms. The van der Waals surface area contributed by atoms with E-state index in [4.69, 9.17) is 9.47 Å². The number of nitrogens with zero attached hydrogens (tertiary/aromatic N) is 4. The van der Waals surface area contributed by atoms with Crippen molar-refractivity contribution in [2.45, 2.75) is 20.4 Å². The minimum atomic E-state index is -0.415. The first-order chi connectivity index (χ1) is 13.1. The zero-order chi connectivity index (χ0) is 19.2. The van der Waals surface area contributed by atoms with Gasteiger partial charge in [0.1, 0.15) is 0 Å². The lowest BCUT2D eigenvalue weighted by Crippen LogP contribution is -2.04. The Balaban J connectivity index is 1.82. The Bertz CT molecular complexity index is 913. The maximum atomic E-state index is 14.2. The molecule has 27 heavy (non-hydrogen) atoms. The minimum Gasteiger partial charge on any atom is -0.491 e. The molecule has 0 amide bonds. The summed E-state index contributed by atoms with van der Waals surface area (Å²) in [6.07, 6.45) is 5.24. The lowest BCUT2D eigenvalue weighted by atomic mass is 10.1. The first-order valence-corrected chi connectivity index (χ1v) is 8.65. The highest BCUT2D eigenvalue weighted by Gasteiger charge is 2.11. The second-order valence-corrected chi connectivity index (χ2v) is 5.91. The number of methoxy groups -OCH3 is 1. The summed E-state index contributed by atoms with van der Waals surface area (Å²) in [7, 11) is 1.65. The molecule has 0 fully saturated rings. The van der Waals surface area contributed by atoms with Crippen LogP contribution in [0.3, 0.4) is 0 Å². The molecule has 0 aliphatic heterocycles. The third kappa shape index (κ3) is 4.59. The van der Waals surface area contributed by atoms with Crippen molar-refractivity contribution < 1.29 is 13.9 Å². The van der Waals surface area contributed by atoms with Gasteiger partial charge in [0.25, 0.3) is 0 Å². The van der Waals surface area contributed by atoms with Gasteiger partial charge in [-0.15, -0.1) is 0 Å². The molecule has 2 heterocycles. The Kier molecular flexibility index (Phi) is 5.97. The lowest BCUT2D eigenvalue weighted by Gasteiger charge is -2.10. The van der Waals surface area contributed by atoms with Gasteiger partial charge in [-0.05, 0) is 37.6 Å². The van der Waals surface area contributed by atoms with E-state index in [-0.39, 0.29) is 5.75 Å². The second-order valence-electron chi connectivity index (χ2n) is 5.91. The third-order valence-corrected chi connectivity index (χ3v) is 3.89. The molecule has 3 rings (SSSR count). The van der Waals surface area contributed by atoms with E-state index in [1.165, 1.54) is 6.07 Å². The number of benzene rings is 1. The predicted molar refractivity (Wildman–Crippen MR) is 101 cm³/mol. The Morgan fingerprint density at radius 3 is 2.85 bits per heavy atom. The monoisotopic (exact) mass is 371 g/mol. The predicted octanol–water partition coefficient (Wildman–Crippen LogP) is 3.58. The van der Waals surface area contributed by atoms with E-state index in [0.717, 1.165) is 11.3 Å². The molecule has 2 aromatic heterocycles. The number of hydrogen-bond acceptors (Lipinski definition) is 6. The number of aryl methyl sites for hydroxylation is 1. The second kappa shape index (κ2) is 8.59. The van der Waals surface area contributed by atoms with E-state index < -0.39 is 5.82 Å². The van der Waals surface area contributed by atoms with Gasteiger partial charge in [-0.2, -0.15) is 5.10 Å². The summed E-state index contributed by atoms with van der Waals surface area (Å²) in [5.74, 6) is 0.229. The van der Waals surface area contributed by atoms with Gasteiger partial charge in [0.2, 0.25) is 5.95 Å². The van der Waals surface area contributed by atoms with Crippen LogP contribution < -0.4 is 10.1 Å². The summed E-state index contributed by atoms with van der Waals surface area (Å²) in [5, 5.41) is 7.36. The molecule has 0 radical (unpaired) electrons. The molecule has 0 aliphatic carbocycles. The lowest BCUT2D eigenvalue weighted by molar-refractivity contribution is 0.183. The smallest absolute Gasteiger partial charge is 0.227 e. The summed E-state index contributed by atoms with van der Waals surface area (Å²) >= 11 is 0. The van der Waals surface area contributed by atoms with E-state index in [1.54, 1.807) is 36.3 Å². The number of rotatable bonds is 8. The van der Waals surface area contributed by atoms with Gasteiger partial charge in [-0.1, -0.05) is 0 Å². The fraction of sp³-hybridized carbons (Fsp3) is 0.316. The van der Waals surface area contributed by atoms with Gasteiger partial charge in [-0.3, -0.25) is 4.68 Å². The number of ether oxygens (including phenoxy) is 2. The van der Waals surface area contributed by atoms with Gasteiger partial charge in [0.15, 0.2) is 11.6 Å². The zero-order valence-corrected chi connectivity index (χ0v) is 15.6. The molecule has 142 valence electrons. The standard InChI is InChI=1S/C19H22FN5O2/c1-4-27-17-6-5-14(9-16(17)20)18-13(2)10-21-19(24-18)23-15-11-22-25(12-15)7-8-26-3/h5-6,9-12H,4,7-8H2,1-3H3,(H,21,23,24). The van der Waals surface area contributed by atoms with E-state index in [9.17, 15) is 4.39 Å². The van der Waals surface area contributed by atoms with Crippen LogP contribution in [0.25, 0.3) is 11.3 Å². The number of halogens is 1. The van der Waals surface area contributed by atoms with Crippen LogP contribution in [0.1, 0.15) is 12.5 Å². The van der Waals surface area contributed by atoms with Crippen LogP contribution in [-0.4, -0.2) is 40.1 Å². The van der Waals surface area contributed by atoms with Crippen LogP contribution >= 0.6 is 0 Å². The maximum absolute atomic E-state index is 14.2. The summed E-state index contributed by atoms with van der Waals surface area (Å²) in [6.45, 7) is 5.35. The van der Waals surface area contributed by atoms with Crippen molar-refractivity contribution in [2.24, 2.45) is 0 Å². The van der Waals surface area contributed by atoms with Gasteiger partial charge in [0.05, 0.1) is 37.3 Å². The fourth-order valence-corrected chi connectivity index (χ4v) is 2.58. The topological polar surface area (TPSA) is 74.1 Å². The molecule has 7 nitrogen and oxygen atoms in total. The van der Waals surface area contributed by atoms with Gasteiger partial charge >= 0.3 is 0 Å². The SMILES string of the molecule is CCOc1ccc(-c2nc(Nc3cnn(CCOC)c3)ncc2C)cc1F. The molecule has 3 aromatic rings. The normalized spacial score (nSPS) is 10.8. The maximum Gasteiger partial charge on any atom is 0.227 e. The molecule has 0 unspecified atom stereocenters. The van der Waals surface area contributed by atoms with E-state index in [0.29, 0.717) is 37.0 Å². The van der Waals surface area contributed by atoms with E-state index >= 15 is 0 Å².